The first-order chi connectivity index (χ1) is 8.50. The van der Waals surface area contributed by atoms with Crippen molar-refractivity contribution in [2.75, 3.05) is 19.7 Å². The number of ether oxygens (including phenoxy) is 2. The Bertz CT molecular complexity index is 360. The van der Waals surface area contributed by atoms with Crippen LogP contribution in [0.1, 0.15) is 27.7 Å². The zero-order valence-corrected chi connectivity index (χ0v) is 11.7. The standard InChI is InChI=1S/C12H21NO6/c1-11(2,3)19-10(16)13-5-8(9(14)15)18-7-12(4,17)6-13/h8,17H,5-7H2,1-4H3,(H,14,15)/t8-,12-/m0/s1. The summed E-state index contributed by atoms with van der Waals surface area (Å²) in [6.45, 7) is 6.29. The second-order valence-electron chi connectivity index (χ2n) is 6.00. The number of carboxylic acid groups (broad SMARTS) is 1. The van der Waals surface area contributed by atoms with E-state index < -0.39 is 29.4 Å². The fourth-order valence-corrected chi connectivity index (χ4v) is 1.67. The van der Waals surface area contributed by atoms with E-state index in [2.05, 4.69) is 0 Å². The predicted octanol–water partition coefficient (Wildman–Crippen LogP) is 0.458. The first-order valence-electron chi connectivity index (χ1n) is 6.05. The normalized spacial score (nSPS) is 28.7. The van der Waals surface area contributed by atoms with Crippen LogP contribution in [0.15, 0.2) is 0 Å². The lowest BCUT2D eigenvalue weighted by atomic mass is 10.1. The summed E-state index contributed by atoms with van der Waals surface area (Å²) >= 11 is 0. The van der Waals surface area contributed by atoms with Crippen LogP contribution in [0, 0.1) is 0 Å². The molecule has 110 valence electrons. The molecule has 19 heavy (non-hydrogen) atoms. The number of aliphatic carboxylic acids is 1. The summed E-state index contributed by atoms with van der Waals surface area (Å²) in [5, 5.41) is 19.0. The first kappa shape index (κ1) is 15.7. The van der Waals surface area contributed by atoms with E-state index in [4.69, 9.17) is 14.6 Å². The summed E-state index contributed by atoms with van der Waals surface area (Å²) in [6, 6.07) is 0. The lowest BCUT2D eigenvalue weighted by molar-refractivity contribution is -0.152. The molecule has 7 heteroatoms. The molecule has 1 amide bonds. The molecule has 2 atom stereocenters. The van der Waals surface area contributed by atoms with Crippen molar-refractivity contribution < 1.29 is 29.3 Å². The van der Waals surface area contributed by atoms with Crippen molar-refractivity contribution in [3.63, 3.8) is 0 Å². The Balaban J connectivity index is 2.83. The van der Waals surface area contributed by atoms with Gasteiger partial charge in [0, 0.05) is 0 Å². The third-order valence-corrected chi connectivity index (χ3v) is 2.44. The third-order valence-electron chi connectivity index (χ3n) is 2.44. The molecule has 0 unspecified atom stereocenters. The topological polar surface area (TPSA) is 96.3 Å². The van der Waals surface area contributed by atoms with Gasteiger partial charge in [-0.15, -0.1) is 0 Å². The largest absolute Gasteiger partial charge is 0.479 e. The van der Waals surface area contributed by atoms with Crippen molar-refractivity contribution in [3.8, 4) is 0 Å². The van der Waals surface area contributed by atoms with E-state index in [1.165, 1.54) is 6.92 Å². The molecule has 1 heterocycles. The Morgan fingerprint density at radius 1 is 1.42 bits per heavy atom. The Morgan fingerprint density at radius 3 is 2.47 bits per heavy atom. The molecule has 0 aliphatic carbocycles. The molecule has 0 aromatic rings. The van der Waals surface area contributed by atoms with Crippen LogP contribution >= 0.6 is 0 Å². The lowest BCUT2D eigenvalue weighted by Gasteiger charge is -2.30. The van der Waals surface area contributed by atoms with E-state index in [1.54, 1.807) is 20.8 Å². The van der Waals surface area contributed by atoms with Crippen molar-refractivity contribution in [3.05, 3.63) is 0 Å². The summed E-state index contributed by atoms with van der Waals surface area (Å²) in [5.74, 6) is -1.17. The minimum Gasteiger partial charge on any atom is -0.479 e. The number of hydrogen-bond acceptors (Lipinski definition) is 5. The second kappa shape index (κ2) is 5.34. The molecule has 0 spiro atoms. The highest BCUT2D eigenvalue weighted by Crippen LogP contribution is 2.18. The van der Waals surface area contributed by atoms with E-state index in [9.17, 15) is 14.7 Å². The number of hydrogen-bond donors (Lipinski definition) is 2. The molecule has 1 saturated heterocycles. The summed E-state index contributed by atoms with van der Waals surface area (Å²) in [4.78, 5) is 24.1. The number of amides is 1. The number of nitrogens with zero attached hydrogens (tertiary/aromatic N) is 1. The second-order valence-corrected chi connectivity index (χ2v) is 6.00. The Morgan fingerprint density at radius 2 is 2.00 bits per heavy atom. The minimum atomic E-state index is -1.30. The van der Waals surface area contributed by atoms with Gasteiger partial charge in [-0.25, -0.2) is 9.59 Å². The molecule has 7 nitrogen and oxygen atoms in total. The highest BCUT2D eigenvalue weighted by molar-refractivity contribution is 5.74. The van der Waals surface area contributed by atoms with Crippen LogP contribution in [0.4, 0.5) is 4.79 Å². The van der Waals surface area contributed by atoms with E-state index in [0.717, 1.165) is 4.90 Å². The van der Waals surface area contributed by atoms with Crippen LogP contribution in [0.2, 0.25) is 0 Å². The highest BCUT2D eigenvalue weighted by atomic mass is 16.6. The van der Waals surface area contributed by atoms with Crippen molar-refractivity contribution in [1.82, 2.24) is 4.90 Å². The van der Waals surface area contributed by atoms with Gasteiger partial charge in [0.15, 0.2) is 6.10 Å². The number of β-amino-alcohol motifs (C(OH)–C–C–N with tert-alkyl or cyclic N) is 1. The molecule has 1 fully saturated rings. The summed E-state index contributed by atoms with van der Waals surface area (Å²) in [6.07, 6.45) is -1.83. The first-order valence-corrected chi connectivity index (χ1v) is 6.05. The van der Waals surface area contributed by atoms with Gasteiger partial charge in [-0.1, -0.05) is 0 Å². The molecular formula is C12H21NO6. The van der Waals surface area contributed by atoms with Crippen LogP contribution in [0.25, 0.3) is 0 Å². The minimum absolute atomic E-state index is 0.0360. The smallest absolute Gasteiger partial charge is 0.410 e. The SMILES string of the molecule is CC(C)(C)OC(=O)N1C[C@@H](C(=O)O)OC[C@@](C)(O)C1. The van der Waals surface area contributed by atoms with Crippen LogP contribution < -0.4 is 0 Å². The van der Waals surface area contributed by atoms with Gasteiger partial charge in [0.2, 0.25) is 0 Å². The van der Waals surface area contributed by atoms with Crippen molar-refractivity contribution in [2.24, 2.45) is 0 Å². The quantitative estimate of drug-likeness (QED) is 0.721. The van der Waals surface area contributed by atoms with Gasteiger partial charge in [-0.2, -0.15) is 0 Å². The van der Waals surface area contributed by atoms with Gasteiger partial charge < -0.3 is 24.6 Å². The number of carboxylic acids is 1. The van der Waals surface area contributed by atoms with Gasteiger partial charge in [-0.05, 0) is 27.7 Å². The van der Waals surface area contributed by atoms with Gasteiger partial charge in [0.1, 0.15) is 11.2 Å². The zero-order chi connectivity index (χ0) is 14.8. The molecule has 1 rings (SSSR count). The van der Waals surface area contributed by atoms with Crippen molar-refractivity contribution >= 4 is 12.1 Å². The molecule has 0 bridgehead atoms. The lowest BCUT2D eigenvalue weighted by Crippen LogP contribution is -2.47. The Kier molecular flexibility index (Phi) is 4.42. The molecule has 0 radical (unpaired) electrons. The fraction of sp³-hybridized carbons (Fsp3) is 0.833. The maximum Gasteiger partial charge on any atom is 0.410 e. The Hall–Kier alpha value is -1.34. The van der Waals surface area contributed by atoms with Crippen molar-refractivity contribution in [2.45, 2.75) is 45.0 Å². The van der Waals surface area contributed by atoms with Gasteiger partial charge in [-0.3, -0.25) is 0 Å². The van der Waals surface area contributed by atoms with E-state index in [-0.39, 0.29) is 19.7 Å². The molecule has 1 aliphatic heterocycles. The van der Waals surface area contributed by atoms with Gasteiger partial charge in [0.25, 0.3) is 0 Å². The van der Waals surface area contributed by atoms with E-state index in [1.807, 2.05) is 0 Å². The number of aliphatic hydroxyl groups is 1. The molecule has 2 N–H and O–H groups in total. The van der Waals surface area contributed by atoms with E-state index in [0.29, 0.717) is 0 Å². The molecule has 0 aromatic carbocycles. The maximum atomic E-state index is 12.0. The summed E-state index contributed by atoms with van der Waals surface area (Å²) in [5.41, 5.74) is -1.99. The van der Waals surface area contributed by atoms with E-state index >= 15 is 0 Å². The van der Waals surface area contributed by atoms with Crippen molar-refractivity contribution in [1.29, 1.82) is 0 Å². The van der Waals surface area contributed by atoms with Crippen LogP contribution in [-0.4, -0.2) is 64.2 Å². The number of rotatable bonds is 1. The summed E-state index contributed by atoms with van der Waals surface area (Å²) < 4.78 is 10.3. The number of carbonyl (C=O) groups is 2. The number of carbonyl (C=O) groups excluding carboxylic acids is 1. The fourth-order valence-electron chi connectivity index (χ4n) is 1.67. The Labute approximate surface area is 112 Å². The maximum absolute atomic E-state index is 12.0. The van der Waals surface area contributed by atoms with Crippen LogP contribution in [0.3, 0.4) is 0 Å². The predicted molar refractivity (Wildman–Crippen MR) is 65.8 cm³/mol. The zero-order valence-electron chi connectivity index (χ0n) is 11.7. The third kappa shape index (κ3) is 5.04. The summed E-state index contributed by atoms with van der Waals surface area (Å²) in [7, 11) is 0. The van der Waals surface area contributed by atoms with Gasteiger partial charge >= 0.3 is 12.1 Å². The molecule has 0 saturated carbocycles. The average Bonchev–Trinajstić information content (AvgIpc) is 2.34. The average molecular weight is 275 g/mol. The van der Waals surface area contributed by atoms with Crippen LogP contribution in [0.5, 0.6) is 0 Å². The van der Waals surface area contributed by atoms with Crippen LogP contribution in [-0.2, 0) is 14.3 Å². The monoisotopic (exact) mass is 275 g/mol. The van der Waals surface area contributed by atoms with Gasteiger partial charge in [0.05, 0.1) is 19.7 Å². The molecular weight excluding hydrogens is 254 g/mol. The highest BCUT2D eigenvalue weighted by Gasteiger charge is 2.37. The molecule has 1 aliphatic rings. The molecule has 0 aromatic heterocycles.